The molecule has 0 bridgehead atoms. The Balaban J connectivity index is 1.28. The molecule has 0 fully saturated rings. The van der Waals surface area contributed by atoms with E-state index in [4.69, 9.17) is 0 Å². The Morgan fingerprint density at radius 3 is 1.18 bits per heavy atom. The van der Waals surface area contributed by atoms with Gasteiger partial charge in [-0.15, -0.1) is 0 Å². The quantitative estimate of drug-likeness (QED) is 0.196. The van der Waals surface area contributed by atoms with Crippen LogP contribution in [0.15, 0.2) is 189 Å². The zero-order chi connectivity index (χ0) is 29.8. The average Bonchev–Trinajstić information content (AvgIpc) is 3.12. The van der Waals surface area contributed by atoms with Crippen molar-refractivity contribution in [1.82, 2.24) is 0 Å². The molecular formula is C43H28S2. The molecule has 0 radical (unpaired) electrons. The molecule has 0 saturated heterocycles. The molecular weight excluding hydrogens is 581 g/mol. The summed E-state index contributed by atoms with van der Waals surface area (Å²) in [7, 11) is 0. The fourth-order valence-electron chi connectivity index (χ4n) is 7.17. The average molecular weight is 609 g/mol. The number of hydrogen-bond acceptors (Lipinski definition) is 2. The Morgan fingerprint density at radius 1 is 0.267 bits per heavy atom. The Hall–Kier alpha value is -4.76. The number of rotatable bonds is 3. The third-order valence-electron chi connectivity index (χ3n) is 9.20. The van der Waals surface area contributed by atoms with Gasteiger partial charge in [0.05, 0.1) is 5.41 Å². The summed E-state index contributed by atoms with van der Waals surface area (Å²) in [6.45, 7) is 0. The molecule has 1 spiro atoms. The van der Waals surface area contributed by atoms with Gasteiger partial charge in [0, 0.05) is 19.6 Å². The molecule has 9 rings (SSSR count). The largest absolute Gasteiger partial charge is 0.0894 e. The van der Waals surface area contributed by atoms with Crippen molar-refractivity contribution in [2.45, 2.75) is 25.0 Å². The maximum Gasteiger partial charge on any atom is 0.0745 e. The lowest BCUT2D eigenvalue weighted by molar-refractivity contribution is 0.667. The van der Waals surface area contributed by atoms with Gasteiger partial charge in [0.25, 0.3) is 0 Å². The van der Waals surface area contributed by atoms with Crippen LogP contribution >= 0.6 is 23.5 Å². The van der Waals surface area contributed by atoms with Gasteiger partial charge in [-0.1, -0.05) is 163 Å². The van der Waals surface area contributed by atoms with Crippen molar-refractivity contribution in [2.24, 2.45) is 0 Å². The van der Waals surface area contributed by atoms with Crippen molar-refractivity contribution >= 4 is 23.5 Å². The summed E-state index contributed by atoms with van der Waals surface area (Å²) in [6.07, 6.45) is 0. The van der Waals surface area contributed by atoms with Crippen LogP contribution in [0, 0.1) is 0 Å². The smallest absolute Gasteiger partial charge is 0.0745 e. The fraction of sp³-hybridized carbons (Fsp3) is 0.0233. The van der Waals surface area contributed by atoms with Crippen molar-refractivity contribution in [3.8, 4) is 33.4 Å². The molecule has 2 aliphatic rings. The predicted molar refractivity (Wildman–Crippen MR) is 189 cm³/mol. The highest BCUT2D eigenvalue weighted by Crippen LogP contribution is 2.62. The summed E-state index contributed by atoms with van der Waals surface area (Å²) in [6, 6.07) is 62.7. The normalized spacial score (nSPS) is 15.9. The zero-order valence-electron chi connectivity index (χ0n) is 24.5. The summed E-state index contributed by atoms with van der Waals surface area (Å²) in [5.74, 6) is 0. The molecule has 0 aliphatic carbocycles. The van der Waals surface area contributed by atoms with E-state index in [9.17, 15) is 0 Å². The lowest BCUT2D eigenvalue weighted by Crippen LogP contribution is -2.36. The SMILES string of the molecule is c1ccc(-c2cccc(-c3ccc4c(c3)Sc3ccccc3C43c4ccccc4Sc4cc(-c5ccccc5)ccc43)c2)cc1. The summed E-state index contributed by atoms with van der Waals surface area (Å²) in [5, 5.41) is 0. The lowest BCUT2D eigenvalue weighted by Gasteiger charge is -2.45. The molecule has 212 valence electrons. The Morgan fingerprint density at radius 2 is 0.644 bits per heavy atom. The summed E-state index contributed by atoms with van der Waals surface area (Å²) in [4.78, 5) is 5.28. The van der Waals surface area contributed by atoms with Crippen molar-refractivity contribution in [3.63, 3.8) is 0 Å². The van der Waals surface area contributed by atoms with Crippen LogP contribution in [0.4, 0.5) is 0 Å². The first-order valence-electron chi connectivity index (χ1n) is 15.3. The second-order valence-corrected chi connectivity index (χ2v) is 13.8. The van der Waals surface area contributed by atoms with Crippen LogP contribution < -0.4 is 0 Å². The highest BCUT2D eigenvalue weighted by molar-refractivity contribution is 8.00. The minimum atomic E-state index is -0.409. The van der Waals surface area contributed by atoms with Gasteiger partial charge in [0.1, 0.15) is 0 Å². The van der Waals surface area contributed by atoms with E-state index in [0.29, 0.717) is 0 Å². The Labute approximate surface area is 272 Å². The second-order valence-electron chi connectivity index (χ2n) is 11.7. The molecule has 0 amide bonds. The van der Waals surface area contributed by atoms with Gasteiger partial charge in [-0.25, -0.2) is 0 Å². The summed E-state index contributed by atoms with van der Waals surface area (Å²) >= 11 is 3.80. The van der Waals surface area contributed by atoms with E-state index in [1.54, 1.807) is 0 Å². The van der Waals surface area contributed by atoms with E-state index in [1.165, 1.54) is 75.2 Å². The molecule has 2 heteroatoms. The second kappa shape index (κ2) is 10.7. The predicted octanol–water partition coefficient (Wildman–Crippen LogP) is 12.0. The Bertz CT molecular complexity index is 2200. The lowest BCUT2D eigenvalue weighted by atomic mass is 9.64. The monoisotopic (exact) mass is 608 g/mol. The molecule has 1 atom stereocenters. The van der Waals surface area contributed by atoms with Crippen molar-refractivity contribution in [1.29, 1.82) is 0 Å². The first-order valence-corrected chi connectivity index (χ1v) is 17.0. The molecule has 2 aliphatic heterocycles. The molecule has 7 aromatic rings. The van der Waals surface area contributed by atoms with Crippen LogP contribution in [-0.4, -0.2) is 0 Å². The van der Waals surface area contributed by atoms with Crippen molar-refractivity contribution in [3.05, 3.63) is 192 Å². The first-order chi connectivity index (χ1) is 22.3. The highest BCUT2D eigenvalue weighted by Gasteiger charge is 2.48. The van der Waals surface area contributed by atoms with Crippen molar-refractivity contribution < 1.29 is 0 Å². The third-order valence-corrected chi connectivity index (χ3v) is 11.5. The molecule has 1 unspecified atom stereocenters. The summed E-state index contributed by atoms with van der Waals surface area (Å²) < 4.78 is 0. The molecule has 0 aromatic heterocycles. The van der Waals surface area contributed by atoms with Gasteiger partial charge < -0.3 is 0 Å². The summed E-state index contributed by atoms with van der Waals surface area (Å²) in [5.41, 5.74) is 12.5. The van der Waals surface area contributed by atoms with Gasteiger partial charge in [-0.2, -0.15) is 0 Å². The van der Waals surface area contributed by atoms with E-state index in [2.05, 4.69) is 170 Å². The molecule has 0 N–H and O–H groups in total. The molecule has 0 nitrogen and oxygen atoms in total. The number of fused-ring (bicyclic) bond motifs is 8. The molecule has 0 saturated carbocycles. The van der Waals surface area contributed by atoms with Crippen LogP contribution in [0.5, 0.6) is 0 Å². The highest BCUT2D eigenvalue weighted by atomic mass is 32.2. The van der Waals surface area contributed by atoms with Crippen LogP contribution in [0.3, 0.4) is 0 Å². The van der Waals surface area contributed by atoms with Crippen LogP contribution in [0.2, 0.25) is 0 Å². The number of hydrogen-bond donors (Lipinski definition) is 0. The first kappa shape index (κ1) is 26.6. The van der Waals surface area contributed by atoms with Gasteiger partial charge in [0.2, 0.25) is 0 Å². The standard InChI is InChI=1S/C43H28S2/c1-3-12-29(13-4-1)31-16-11-17-32(26-31)34-23-25-38-42(28-34)45-40-21-10-8-19-36(40)43(38)35-18-7-9-20-39(35)44-41-27-33(22-24-37(41)43)30-14-5-2-6-15-30/h1-28H. The maximum absolute atomic E-state index is 2.42. The molecule has 45 heavy (non-hydrogen) atoms. The maximum atomic E-state index is 2.42. The van der Waals surface area contributed by atoms with E-state index < -0.39 is 5.41 Å². The Kier molecular flexibility index (Phi) is 6.33. The van der Waals surface area contributed by atoms with Gasteiger partial charge in [-0.05, 0) is 86.0 Å². The van der Waals surface area contributed by atoms with Gasteiger partial charge in [-0.3, -0.25) is 0 Å². The van der Waals surface area contributed by atoms with Gasteiger partial charge in [0.15, 0.2) is 0 Å². The third kappa shape index (κ3) is 4.24. The van der Waals surface area contributed by atoms with Crippen LogP contribution in [-0.2, 0) is 5.41 Å². The molecule has 2 heterocycles. The van der Waals surface area contributed by atoms with E-state index in [1.807, 2.05) is 23.5 Å². The zero-order valence-corrected chi connectivity index (χ0v) is 26.1. The van der Waals surface area contributed by atoms with Crippen LogP contribution in [0.25, 0.3) is 33.4 Å². The van der Waals surface area contributed by atoms with Crippen molar-refractivity contribution in [2.75, 3.05) is 0 Å². The van der Waals surface area contributed by atoms with Crippen LogP contribution in [0.1, 0.15) is 22.3 Å². The molecule has 7 aromatic carbocycles. The number of benzene rings is 7. The minimum absolute atomic E-state index is 0.409. The fourth-order valence-corrected chi connectivity index (χ4v) is 9.63. The van der Waals surface area contributed by atoms with Gasteiger partial charge >= 0.3 is 0 Å². The van der Waals surface area contributed by atoms with E-state index in [0.717, 1.165) is 0 Å². The van der Waals surface area contributed by atoms with E-state index >= 15 is 0 Å². The van der Waals surface area contributed by atoms with E-state index in [-0.39, 0.29) is 0 Å². The minimum Gasteiger partial charge on any atom is -0.0894 e. The topological polar surface area (TPSA) is 0 Å².